The molecule has 32 heavy (non-hydrogen) atoms. The number of anilines is 1. The van der Waals surface area contributed by atoms with Crippen LogP contribution in [0.15, 0.2) is 18.3 Å². The van der Waals surface area contributed by atoms with E-state index in [-0.39, 0.29) is 11.8 Å². The number of nitrogens with one attached hydrogen (secondary N) is 1. The molecule has 0 radical (unpaired) electrons. The highest BCUT2D eigenvalue weighted by Crippen LogP contribution is 2.32. The number of hydrogen-bond acceptors (Lipinski definition) is 5. The van der Waals surface area contributed by atoms with Crippen molar-refractivity contribution >= 4 is 17.2 Å². The first-order valence-electron chi connectivity index (χ1n) is 10.5. The molecular formula is C21H26F3N7O. The van der Waals surface area contributed by atoms with Crippen molar-refractivity contribution in [2.45, 2.75) is 51.7 Å². The van der Waals surface area contributed by atoms with Crippen molar-refractivity contribution in [3.8, 4) is 0 Å². The van der Waals surface area contributed by atoms with Crippen molar-refractivity contribution in [1.29, 1.82) is 0 Å². The SMILES string of the molecule is Cc1nn(C)c(C)c1NC(=O)C(C)N1CCCC(c2nnc3ccc(C(F)(F)F)cn23)C1. The van der Waals surface area contributed by atoms with Crippen LogP contribution >= 0.6 is 0 Å². The van der Waals surface area contributed by atoms with Gasteiger partial charge in [-0.25, -0.2) is 0 Å². The maximum Gasteiger partial charge on any atom is 0.417 e. The van der Waals surface area contributed by atoms with E-state index in [2.05, 4.69) is 20.6 Å². The van der Waals surface area contributed by atoms with Gasteiger partial charge in [-0.1, -0.05) is 0 Å². The molecule has 1 aliphatic rings. The molecule has 0 spiro atoms. The van der Waals surface area contributed by atoms with Crippen LogP contribution in [0.25, 0.3) is 5.65 Å². The van der Waals surface area contributed by atoms with Gasteiger partial charge in [0.25, 0.3) is 0 Å². The van der Waals surface area contributed by atoms with E-state index in [1.54, 1.807) is 4.68 Å². The van der Waals surface area contributed by atoms with Gasteiger partial charge in [0, 0.05) is 25.7 Å². The Morgan fingerprint density at radius 3 is 2.66 bits per heavy atom. The van der Waals surface area contributed by atoms with Crippen LogP contribution in [0.2, 0.25) is 0 Å². The van der Waals surface area contributed by atoms with Gasteiger partial charge < -0.3 is 5.32 Å². The normalized spacial score (nSPS) is 18.8. The first kappa shape index (κ1) is 22.3. The number of pyridine rings is 1. The van der Waals surface area contributed by atoms with Gasteiger partial charge in [-0.3, -0.25) is 18.8 Å². The van der Waals surface area contributed by atoms with Crippen molar-refractivity contribution < 1.29 is 18.0 Å². The first-order valence-corrected chi connectivity index (χ1v) is 10.5. The lowest BCUT2D eigenvalue weighted by Gasteiger charge is -2.35. The standard InChI is InChI=1S/C21H26F3N7O/c1-12-18(13(2)29(4)28-12)25-20(32)14(3)30-9-5-6-15(10-30)19-27-26-17-8-7-16(11-31(17)19)21(22,23)24/h7-8,11,14-15H,5-6,9-10H2,1-4H3,(H,25,32). The third kappa shape index (κ3) is 4.08. The summed E-state index contributed by atoms with van der Waals surface area (Å²) in [5.41, 5.74) is 1.96. The summed E-state index contributed by atoms with van der Waals surface area (Å²) in [6.07, 6.45) is -1.82. The van der Waals surface area contributed by atoms with Gasteiger partial charge in [0.1, 0.15) is 5.82 Å². The van der Waals surface area contributed by atoms with Crippen LogP contribution in [0.4, 0.5) is 18.9 Å². The Labute approximate surface area is 183 Å². The van der Waals surface area contributed by atoms with E-state index in [1.807, 2.05) is 32.7 Å². The van der Waals surface area contributed by atoms with E-state index in [1.165, 1.54) is 10.5 Å². The van der Waals surface area contributed by atoms with Crippen molar-refractivity contribution in [2.75, 3.05) is 18.4 Å². The molecule has 4 rings (SSSR count). The molecule has 1 saturated heterocycles. The lowest BCUT2D eigenvalue weighted by Crippen LogP contribution is -2.46. The average Bonchev–Trinajstić information content (AvgIpc) is 3.28. The Bertz CT molecular complexity index is 1150. The van der Waals surface area contributed by atoms with Gasteiger partial charge >= 0.3 is 6.18 Å². The number of halogens is 3. The van der Waals surface area contributed by atoms with Crippen LogP contribution in [0.5, 0.6) is 0 Å². The second kappa shape index (κ2) is 8.19. The summed E-state index contributed by atoms with van der Waals surface area (Å²) in [5.74, 6) is 0.219. The summed E-state index contributed by atoms with van der Waals surface area (Å²) in [6.45, 7) is 6.80. The molecule has 1 aliphatic heterocycles. The van der Waals surface area contributed by atoms with Crippen molar-refractivity contribution in [3.05, 3.63) is 41.1 Å². The lowest BCUT2D eigenvalue weighted by molar-refractivity contribution is -0.137. The second-order valence-electron chi connectivity index (χ2n) is 8.37. The quantitative estimate of drug-likeness (QED) is 0.661. The number of rotatable bonds is 4. The summed E-state index contributed by atoms with van der Waals surface area (Å²) in [6, 6.07) is 1.92. The fourth-order valence-electron chi connectivity index (χ4n) is 4.27. The van der Waals surface area contributed by atoms with Crippen LogP contribution in [0.3, 0.4) is 0 Å². The number of carbonyl (C=O) groups excluding carboxylic acids is 1. The predicted molar refractivity (Wildman–Crippen MR) is 112 cm³/mol. The maximum absolute atomic E-state index is 13.2. The van der Waals surface area contributed by atoms with Crippen LogP contribution in [0.1, 0.15) is 48.5 Å². The maximum atomic E-state index is 13.2. The van der Waals surface area contributed by atoms with Crippen LogP contribution in [-0.2, 0) is 18.0 Å². The highest BCUT2D eigenvalue weighted by molar-refractivity contribution is 5.95. The van der Waals surface area contributed by atoms with Gasteiger partial charge in [-0.2, -0.15) is 18.3 Å². The largest absolute Gasteiger partial charge is 0.417 e. The third-order valence-corrected chi connectivity index (χ3v) is 6.26. The minimum absolute atomic E-state index is 0.126. The van der Waals surface area contributed by atoms with E-state index < -0.39 is 17.8 Å². The molecular weight excluding hydrogens is 423 g/mol. The predicted octanol–water partition coefficient (Wildman–Crippen LogP) is 3.31. The van der Waals surface area contributed by atoms with Crippen molar-refractivity contribution in [2.24, 2.45) is 7.05 Å². The molecule has 0 aliphatic carbocycles. The molecule has 11 heteroatoms. The molecule has 4 heterocycles. The van der Waals surface area contributed by atoms with Gasteiger partial charge in [0.05, 0.1) is 28.7 Å². The molecule has 1 N–H and O–H groups in total. The summed E-state index contributed by atoms with van der Waals surface area (Å²) >= 11 is 0. The minimum atomic E-state index is -4.44. The van der Waals surface area contributed by atoms with E-state index in [0.29, 0.717) is 23.7 Å². The van der Waals surface area contributed by atoms with Crippen LogP contribution in [-0.4, -0.2) is 54.3 Å². The monoisotopic (exact) mass is 449 g/mol. The lowest BCUT2D eigenvalue weighted by atomic mass is 9.96. The molecule has 3 aromatic heterocycles. The Kier molecular flexibility index (Phi) is 5.70. The number of aromatic nitrogens is 5. The first-order chi connectivity index (χ1) is 15.1. The molecule has 2 unspecified atom stereocenters. The number of hydrogen-bond donors (Lipinski definition) is 1. The fraction of sp³-hybridized carbons (Fsp3) is 0.524. The molecule has 0 saturated carbocycles. The number of likely N-dealkylation sites (tertiary alicyclic amines) is 1. The number of piperidine rings is 1. The molecule has 0 bridgehead atoms. The highest BCUT2D eigenvalue weighted by Gasteiger charge is 2.33. The van der Waals surface area contributed by atoms with Gasteiger partial charge in [-0.15, -0.1) is 10.2 Å². The number of amides is 1. The van der Waals surface area contributed by atoms with E-state index in [4.69, 9.17) is 0 Å². The second-order valence-corrected chi connectivity index (χ2v) is 8.37. The van der Waals surface area contributed by atoms with E-state index >= 15 is 0 Å². The Balaban J connectivity index is 1.52. The van der Waals surface area contributed by atoms with Gasteiger partial charge in [-0.05, 0) is 52.3 Å². The molecule has 1 amide bonds. The molecule has 8 nitrogen and oxygen atoms in total. The Morgan fingerprint density at radius 2 is 2.00 bits per heavy atom. The van der Waals surface area contributed by atoms with Gasteiger partial charge in [0.2, 0.25) is 5.91 Å². The van der Waals surface area contributed by atoms with Gasteiger partial charge in [0.15, 0.2) is 5.65 Å². The zero-order valence-corrected chi connectivity index (χ0v) is 18.4. The number of carbonyl (C=O) groups is 1. The number of alkyl halides is 3. The third-order valence-electron chi connectivity index (χ3n) is 6.26. The van der Waals surface area contributed by atoms with E-state index in [9.17, 15) is 18.0 Å². The number of fused-ring (bicyclic) bond motifs is 1. The topological polar surface area (TPSA) is 80.3 Å². The van der Waals surface area contributed by atoms with E-state index in [0.717, 1.165) is 43.0 Å². The highest BCUT2D eigenvalue weighted by atomic mass is 19.4. The van der Waals surface area contributed by atoms with Crippen LogP contribution in [0, 0.1) is 13.8 Å². The van der Waals surface area contributed by atoms with Crippen LogP contribution < -0.4 is 5.32 Å². The molecule has 172 valence electrons. The number of nitrogens with zero attached hydrogens (tertiary/aromatic N) is 6. The Morgan fingerprint density at radius 1 is 1.25 bits per heavy atom. The molecule has 0 aromatic carbocycles. The minimum Gasteiger partial charge on any atom is -0.322 e. The number of aryl methyl sites for hydroxylation is 2. The summed E-state index contributed by atoms with van der Waals surface area (Å²) in [7, 11) is 1.82. The molecule has 3 aromatic rings. The zero-order chi connectivity index (χ0) is 23.2. The summed E-state index contributed by atoms with van der Waals surface area (Å²) in [4.78, 5) is 15.0. The zero-order valence-electron chi connectivity index (χ0n) is 18.4. The van der Waals surface area contributed by atoms with Crippen molar-refractivity contribution in [3.63, 3.8) is 0 Å². The molecule has 1 fully saturated rings. The molecule has 2 atom stereocenters. The fourth-order valence-corrected chi connectivity index (χ4v) is 4.27. The average molecular weight is 449 g/mol. The smallest absolute Gasteiger partial charge is 0.322 e. The summed E-state index contributed by atoms with van der Waals surface area (Å²) in [5, 5.41) is 15.5. The Hall–Kier alpha value is -2.95. The summed E-state index contributed by atoms with van der Waals surface area (Å²) < 4.78 is 42.7. The van der Waals surface area contributed by atoms with Crippen molar-refractivity contribution in [1.82, 2.24) is 29.3 Å².